The fraction of sp³-hybridized carbons (Fsp3) is 0.238. The summed E-state index contributed by atoms with van der Waals surface area (Å²) in [5.41, 5.74) is 4.42. The number of H-pyrrole nitrogens is 1. The van der Waals surface area contributed by atoms with Gasteiger partial charge in [0.1, 0.15) is 0 Å². The molecule has 6 heteroatoms. The van der Waals surface area contributed by atoms with Gasteiger partial charge in [-0.25, -0.2) is 0 Å². The lowest BCUT2D eigenvalue weighted by Gasteiger charge is -2.25. The Morgan fingerprint density at radius 1 is 0.889 bits per heavy atom. The van der Waals surface area contributed by atoms with Crippen molar-refractivity contribution in [3.8, 4) is 17.2 Å². The van der Waals surface area contributed by atoms with Gasteiger partial charge >= 0.3 is 0 Å². The molecule has 0 aliphatic carbocycles. The second-order valence-electron chi connectivity index (χ2n) is 6.44. The maximum absolute atomic E-state index is 5.50. The van der Waals surface area contributed by atoms with E-state index in [-0.39, 0.29) is 0 Å². The first kappa shape index (κ1) is 17.1. The number of fused-ring (bicyclic) bond motifs is 1. The fourth-order valence-corrected chi connectivity index (χ4v) is 3.48. The first-order valence-corrected chi connectivity index (χ1v) is 8.74. The summed E-state index contributed by atoms with van der Waals surface area (Å²) >= 11 is 0. The Labute approximate surface area is 158 Å². The molecule has 0 saturated heterocycles. The summed E-state index contributed by atoms with van der Waals surface area (Å²) in [5, 5.41) is 1.20. The van der Waals surface area contributed by atoms with Crippen molar-refractivity contribution in [2.75, 3.05) is 37.8 Å². The molecule has 0 radical (unpaired) electrons. The van der Waals surface area contributed by atoms with E-state index in [9.17, 15) is 0 Å². The van der Waals surface area contributed by atoms with Crippen LogP contribution in [0.1, 0.15) is 6.92 Å². The molecule has 0 fully saturated rings. The van der Waals surface area contributed by atoms with Gasteiger partial charge in [-0.2, -0.15) is 0 Å². The number of anilines is 2. The summed E-state index contributed by atoms with van der Waals surface area (Å²) in [6, 6.07) is 12.4. The maximum Gasteiger partial charge on any atom is 0.203 e. The van der Waals surface area contributed by atoms with Crippen LogP contribution in [0.3, 0.4) is 0 Å². The zero-order valence-electron chi connectivity index (χ0n) is 15.9. The van der Waals surface area contributed by atoms with Crippen LogP contribution in [0.15, 0.2) is 54.5 Å². The molecule has 6 nitrogen and oxygen atoms in total. The Kier molecular flexibility index (Phi) is 4.32. The van der Waals surface area contributed by atoms with E-state index < -0.39 is 0 Å². The molecule has 0 bridgehead atoms. The van der Waals surface area contributed by atoms with Crippen LogP contribution in [0.4, 0.5) is 11.4 Å². The van der Waals surface area contributed by atoms with E-state index in [1.807, 2.05) is 18.3 Å². The highest BCUT2D eigenvalue weighted by Gasteiger charge is 2.23. The van der Waals surface area contributed by atoms with E-state index in [2.05, 4.69) is 52.2 Å². The number of nitrogens with one attached hydrogen (secondary N) is 1. The number of benzene rings is 2. The number of methoxy groups -OCH3 is 3. The highest BCUT2D eigenvalue weighted by molar-refractivity contribution is 5.84. The van der Waals surface area contributed by atoms with Gasteiger partial charge in [0.05, 0.1) is 33.7 Å². The minimum atomic E-state index is 0.597. The SMILES string of the molecule is COc1cc(N2CN(c3ccc4[nH]ccc4c3)C=C2C)cc(OC)c1OC. The Morgan fingerprint density at radius 3 is 2.30 bits per heavy atom. The predicted molar refractivity (Wildman–Crippen MR) is 108 cm³/mol. The number of hydrogen-bond acceptors (Lipinski definition) is 5. The van der Waals surface area contributed by atoms with Crippen molar-refractivity contribution in [2.45, 2.75) is 6.92 Å². The molecule has 0 spiro atoms. The number of aromatic nitrogens is 1. The third-order valence-corrected chi connectivity index (χ3v) is 4.89. The minimum Gasteiger partial charge on any atom is -0.493 e. The lowest BCUT2D eigenvalue weighted by Crippen LogP contribution is -2.26. The third-order valence-electron chi connectivity index (χ3n) is 4.89. The highest BCUT2D eigenvalue weighted by Crippen LogP contribution is 2.42. The molecule has 2 heterocycles. The van der Waals surface area contributed by atoms with Gasteiger partial charge < -0.3 is 29.0 Å². The zero-order chi connectivity index (χ0) is 19.0. The molecule has 0 unspecified atom stereocenters. The molecule has 140 valence electrons. The molecular weight excluding hydrogens is 342 g/mol. The normalized spacial score (nSPS) is 13.9. The van der Waals surface area contributed by atoms with E-state index in [1.54, 1.807) is 21.3 Å². The molecule has 27 heavy (non-hydrogen) atoms. The lowest BCUT2D eigenvalue weighted by molar-refractivity contribution is 0.324. The molecule has 0 amide bonds. The minimum absolute atomic E-state index is 0.597. The quantitative estimate of drug-likeness (QED) is 0.729. The van der Waals surface area contributed by atoms with Crippen LogP contribution >= 0.6 is 0 Å². The van der Waals surface area contributed by atoms with Crippen molar-refractivity contribution in [3.63, 3.8) is 0 Å². The average Bonchev–Trinajstić information content (AvgIpc) is 3.32. The van der Waals surface area contributed by atoms with Crippen LogP contribution in [-0.2, 0) is 0 Å². The Bertz CT molecular complexity index is 984. The highest BCUT2D eigenvalue weighted by atomic mass is 16.5. The van der Waals surface area contributed by atoms with Crippen LogP contribution in [-0.4, -0.2) is 33.0 Å². The standard InChI is InChI=1S/C21H23N3O3/c1-14-12-23(16-5-6-18-15(9-16)7-8-22-18)13-24(14)17-10-19(25-2)21(27-4)20(11-17)26-3/h5-12,22H,13H2,1-4H3. The van der Waals surface area contributed by atoms with Crippen LogP contribution in [0.5, 0.6) is 17.2 Å². The summed E-state index contributed by atoms with van der Waals surface area (Å²) < 4.78 is 16.4. The van der Waals surface area contributed by atoms with Gasteiger partial charge in [-0.3, -0.25) is 0 Å². The lowest BCUT2D eigenvalue weighted by atomic mass is 10.2. The monoisotopic (exact) mass is 365 g/mol. The molecule has 1 aliphatic heterocycles. The maximum atomic E-state index is 5.50. The van der Waals surface area contributed by atoms with Gasteiger partial charge in [0.25, 0.3) is 0 Å². The van der Waals surface area contributed by atoms with Gasteiger partial charge in [-0.05, 0) is 31.2 Å². The van der Waals surface area contributed by atoms with E-state index >= 15 is 0 Å². The van der Waals surface area contributed by atoms with Gasteiger partial charge in [0, 0.05) is 46.8 Å². The molecular formula is C21H23N3O3. The molecule has 2 aromatic carbocycles. The number of rotatable bonds is 5. The molecule has 0 atom stereocenters. The summed E-state index contributed by atoms with van der Waals surface area (Å²) in [4.78, 5) is 7.67. The molecule has 1 N–H and O–H groups in total. The summed E-state index contributed by atoms with van der Waals surface area (Å²) in [6.45, 7) is 2.80. The van der Waals surface area contributed by atoms with Crippen molar-refractivity contribution in [1.29, 1.82) is 0 Å². The average molecular weight is 365 g/mol. The first-order chi connectivity index (χ1) is 13.1. The van der Waals surface area contributed by atoms with Crippen LogP contribution in [0.2, 0.25) is 0 Å². The topological polar surface area (TPSA) is 50.0 Å². The first-order valence-electron chi connectivity index (χ1n) is 8.74. The van der Waals surface area contributed by atoms with Gasteiger partial charge in [-0.1, -0.05) is 0 Å². The third kappa shape index (κ3) is 2.93. The molecule has 3 aromatic rings. The van der Waals surface area contributed by atoms with Crippen molar-refractivity contribution in [2.24, 2.45) is 0 Å². The van der Waals surface area contributed by atoms with E-state index in [4.69, 9.17) is 14.2 Å². The van der Waals surface area contributed by atoms with E-state index in [1.165, 1.54) is 5.39 Å². The fourth-order valence-electron chi connectivity index (χ4n) is 3.48. The molecule has 1 aliphatic rings. The molecule has 1 aromatic heterocycles. The smallest absolute Gasteiger partial charge is 0.203 e. The van der Waals surface area contributed by atoms with Gasteiger partial charge in [-0.15, -0.1) is 0 Å². The van der Waals surface area contributed by atoms with Gasteiger partial charge in [0.15, 0.2) is 11.5 Å². The Hall–Kier alpha value is -3.28. The zero-order valence-corrected chi connectivity index (χ0v) is 15.9. The van der Waals surface area contributed by atoms with E-state index in [0.717, 1.165) is 22.6 Å². The number of aromatic amines is 1. The number of allylic oxidation sites excluding steroid dienone is 1. The van der Waals surface area contributed by atoms with E-state index in [0.29, 0.717) is 23.9 Å². The van der Waals surface area contributed by atoms with Gasteiger partial charge in [0.2, 0.25) is 5.75 Å². The summed E-state index contributed by atoms with van der Waals surface area (Å²) in [5.74, 6) is 1.89. The molecule has 0 saturated carbocycles. The predicted octanol–water partition coefficient (Wildman–Crippen LogP) is 4.34. The number of hydrogen-bond donors (Lipinski definition) is 1. The van der Waals surface area contributed by atoms with Crippen molar-refractivity contribution >= 4 is 22.3 Å². The summed E-state index contributed by atoms with van der Waals surface area (Å²) in [6.07, 6.45) is 4.11. The Morgan fingerprint density at radius 2 is 1.63 bits per heavy atom. The molecule has 4 rings (SSSR count). The van der Waals surface area contributed by atoms with Crippen molar-refractivity contribution in [1.82, 2.24) is 4.98 Å². The summed E-state index contributed by atoms with van der Waals surface area (Å²) in [7, 11) is 4.87. The van der Waals surface area contributed by atoms with Crippen LogP contribution in [0, 0.1) is 0 Å². The van der Waals surface area contributed by atoms with Crippen LogP contribution in [0.25, 0.3) is 10.9 Å². The Balaban J connectivity index is 1.67. The second kappa shape index (κ2) is 6.79. The number of nitrogens with zero attached hydrogens (tertiary/aromatic N) is 2. The van der Waals surface area contributed by atoms with Crippen LogP contribution < -0.4 is 24.0 Å². The largest absolute Gasteiger partial charge is 0.493 e. The number of ether oxygens (including phenoxy) is 3. The van der Waals surface area contributed by atoms with Crippen molar-refractivity contribution < 1.29 is 14.2 Å². The van der Waals surface area contributed by atoms with Crippen molar-refractivity contribution in [3.05, 3.63) is 54.5 Å². The second-order valence-corrected chi connectivity index (χ2v) is 6.44.